The van der Waals surface area contributed by atoms with Crippen LogP contribution < -0.4 is 5.73 Å². The van der Waals surface area contributed by atoms with Gasteiger partial charge in [-0.25, -0.2) is 8.78 Å². The minimum atomic E-state index is -0.956. The molecular weight excluding hydrogens is 292 g/mol. The first-order chi connectivity index (χ1) is 7.96. The summed E-state index contributed by atoms with van der Waals surface area (Å²) < 4.78 is 27.7. The van der Waals surface area contributed by atoms with Crippen LogP contribution in [-0.2, 0) is 5.54 Å². The lowest BCUT2D eigenvalue weighted by Crippen LogP contribution is -2.40. The third-order valence-electron chi connectivity index (χ3n) is 3.38. The van der Waals surface area contributed by atoms with Crippen molar-refractivity contribution in [1.82, 2.24) is 0 Å². The lowest BCUT2D eigenvalue weighted by Gasteiger charge is -2.34. The molecule has 1 fully saturated rings. The molecule has 1 saturated carbocycles. The molecule has 1 aliphatic carbocycles. The Morgan fingerprint density at radius 2 is 1.82 bits per heavy atom. The van der Waals surface area contributed by atoms with Crippen LogP contribution in [0.25, 0.3) is 0 Å². The van der Waals surface area contributed by atoms with Crippen LogP contribution in [0.3, 0.4) is 0 Å². The summed E-state index contributed by atoms with van der Waals surface area (Å²) in [5, 5.41) is 9.32. The van der Waals surface area contributed by atoms with Crippen LogP contribution in [0.2, 0.25) is 0 Å². The molecule has 3 N–H and O–H groups in total. The number of benzene rings is 1. The van der Waals surface area contributed by atoms with E-state index in [1.807, 2.05) is 0 Å². The molecule has 0 bridgehead atoms. The molecule has 1 aliphatic rings. The van der Waals surface area contributed by atoms with Gasteiger partial charge < -0.3 is 10.8 Å². The molecule has 0 radical (unpaired) electrons. The maximum absolute atomic E-state index is 14.0. The molecule has 0 aromatic heterocycles. The van der Waals surface area contributed by atoms with Crippen LogP contribution in [0.5, 0.6) is 5.75 Å². The van der Waals surface area contributed by atoms with E-state index in [1.165, 1.54) is 0 Å². The van der Waals surface area contributed by atoms with E-state index in [0.717, 1.165) is 25.3 Å². The first-order valence-corrected chi connectivity index (χ1v) is 6.41. The molecule has 17 heavy (non-hydrogen) atoms. The van der Waals surface area contributed by atoms with Gasteiger partial charge in [-0.15, -0.1) is 0 Å². The number of halogens is 3. The van der Waals surface area contributed by atoms with Gasteiger partial charge in [0.15, 0.2) is 0 Å². The summed E-state index contributed by atoms with van der Waals surface area (Å²) in [4.78, 5) is 0. The minimum Gasteiger partial charge on any atom is -0.507 e. The molecule has 1 aromatic carbocycles. The highest BCUT2D eigenvalue weighted by Crippen LogP contribution is 2.41. The van der Waals surface area contributed by atoms with Gasteiger partial charge in [0.25, 0.3) is 0 Å². The lowest BCUT2D eigenvalue weighted by atomic mass is 9.77. The second-order valence-corrected chi connectivity index (χ2v) is 5.39. The van der Waals surface area contributed by atoms with Gasteiger partial charge in [0, 0.05) is 17.2 Å². The number of hydrogen-bond donors (Lipinski definition) is 2. The zero-order valence-corrected chi connectivity index (χ0v) is 10.9. The van der Waals surface area contributed by atoms with Crippen molar-refractivity contribution in [2.75, 3.05) is 0 Å². The molecule has 5 heteroatoms. The Hall–Kier alpha value is -0.680. The zero-order chi connectivity index (χ0) is 12.6. The van der Waals surface area contributed by atoms with Crippen LogP contribution in [0, 0.1) is 11.6 Å². The molecule has 0 atom stereocenters. The van der Waals surface area contributed by atoms with E-state index in [9.17, 15) is 13.9 Å². The minimum absolute atomic E-state index is 0.109. The van der Waals surface area contributed by atoms with E-state index in [1.54, 1.807) is 0 Å². The highest BCUT2D eigenvalue weighted by Gasteiger charge is 2.36. The first kappa shape index (κ1) is 12.8. The van der Waals surface area contributed by atoms with Crippen LogP contribution in [-0.4, -0.2) is 5.11 Å². The largest absolute Gasteiger partial charge is 0.507 e. The summed E-state index contributed by atoms with van der Waals surface area (Å²) in [6.07, 6.45) is 3.92. The Morgan fingerprint density at radius 1 is 1.24 bits per heavy atom. The molecule has 0 unspecified atom stereocenters. The van der Waals surface area contributed by atoms with E-state index in [2.05, 4.69) is 15.9 Å². The summed E-state index contributed by atoms with van der Waals surface area (Å²) in [5.41, 5.74) is 5.05. The van der Waals surface area contributed by atoms with Gasteiger partial charge in [-0.2, -0.15) is 0 Å². The SMILES string of the molecule is NC1(c2c(F)cc(O)c(Br)c2F)CCCCC1. The van der Waals surface area contributed by atoms with Crippen LogP contribution in [0.15, 0.2) is 10.5 Å². The van der Waals surface area contributed by atoms with Crippen molar-refractivity contribution in [3.8, 4) is 5.75 Å². The number of aromatic hydroxyl groups is 1. The maximum Gasteiger partial charge on any atom is 0.149 e. The molecule has 2 rings (SSSR count). The van der Waals surface area contributed by atoms with Crippen molar-refractivity contribution in [3.05, 3.63) is 27.7 Å². The fourth-order valence-corrected chi connectivity index (χ4v) is 2.78. The zero-order valence-electron chi connectivity index (χ0n) is 9.27. The number of phenols is 1. The van der Waals surface area contributed by atoms with Gasteiger partial charge in [0.2, 0.25) is 0 Å². The Morgan fingerprint density at radius 3 is 2.41 bits per heavy atom. The second-order valence-electron chi connectivity index (χ2n) is 4.60. The Balaban J connectivity index is 2.54. The highest BCUT2D eigenvalue weighted by molar-refractivity contribution is 9.10. The van der Waals surface area contributed by atoms with Gasteiger partial charge in [-0.1, -0.05) is 19.3 Å². The van der Waals surface area contributed by atoms with Crippen molar-refractivity contribution < 1.29 is 13.9 Å². The number of hydrogen-bond acceptors (Lipinski definition) is 2. The fraction of sp³-hybridized carbons (Fsp3) is 0.500. The average Bonchev–Trinajstić information content (AvgIpc) is 2.26. The van der Waals surface area contributed by atoms with Crippen LogP contribution in [0.4, 0.5) is 8.78 Å². The van der Waals surface area contributed by atoms with Crippen molar-refractivity contribution in [2.45, 2.75) is 37.6 Å². The van der Waals surface area contributed by atoms with E-state index < -0.39 is 22.9 Å². The van der Waals surface area contributed by atoms with Crippen molar-refractivity contribution >= 4 is 15.9 Å². The quantitative estimate of drug-likeness (QED) is 0.779. The number of rotatable bonds is 1. The molecule has 0 heterocycles. The third-order valence-corrected chi connectivity index (χ3v) is 4.14. The predicted octanol–water partition coefficient (Wildman–Crippen LogP) is 3.55. The second kappa shape index (κ2) is 4.53. The fourth-order valence-electron chi connectivity index (χ4n) is 2.47. The van der Waals surface area contributed by atoms with Crippen molar-refractivity contribution in [3.63, 3.8) is 0 Å². The average molecular weight is 306 g/mol. The maximum atomic E-state index is 14.0. The Kier molecular flexibility index (Phi) is 3.41. The Bertz CT molecular complexity index is 445. The van der Waals surface area contributed by atoms with Gasteiger partial charge in [0.1, 0.15) is 17.4 Å². The smallest absolute Gasteiger partial charge is 0.149 e. The molecule has 2 nitrogen and oxygen atoms in total. The van der Waals surface area contributed by atoms with Gasteiger partial charge in [-0.05, 0) is 28.8 Å². The van der Waals surface area contributed by atoms with Crippen molar-refractivity contribution in [1.29, 1.82) is 0 Å². The number of phenolic OH excluding ortho intramolecular Hbond substituents is 1. The van der Waals surface area contributed by atoms with Gasteiger partial charge >= 0.3 is 0 Å². The normalized spacial score (nSPS) is 19.3. The van der Waals surface area contributed by atoms with E-state index in [-0.39, 0.29) is 10.0 Å². The summed E-state index contributed by atoms with van der Waals surface area (Å²) in [7, 11) is 0. The molecule has 94 valence electrons. The van der Waals surface area contributed by atoms with E-state index >= 15 is 0 Å². The van der Waals surface area contributed by atoms with Crippen LogP contribution >= 0.6 is 15.9 Å². The summed E-state index contributed by atoms with van der Waals surface area (Å²) in [6.45, 7) is 0. The van der Waals surface area contributed by atoms with E-state index in [4.69, 9.17) is 5.73 Å². The Labute approximate surface area is 107 Å². The first-order valence-electron chi connectivity index (χ1n) is 5.61. The summed E-state index contributed by atoms with van der Waals surface area (Å²) >= 11 is 2.91. The van der Waals surface area contributed by atoms with Gasteiger partial charge in [-0.3, -0.25) is 0 Å². The molecular formula is C12H14BrF2NO. The summed E-state index contributed by atoms with van der Waals surface area (Å²) in [5.74, 6) is -2.00. The van der Waals surface area contributed by atoms with Crippen molar-refractivity contribution in [2.24, 2.45) is 5.73 Å². The third kappa shape index (κ3) is 2.18. The molecule has 0 aliphatic heterocycles. The van der Waals surface area contributed by atoms with E-state index in [0.29, 0.717) is 12.8 Å². The summed E-state index contributed by atoms with van der Waals surface area (Å²) in [6, 6.07) is 0.908. The standard InChI is InChI=1S/C12H14BrF2NO/c13-10-8(17)6-7(14)9(11(10)15)12(16)4-2-1-3-5-12/h6,17H,1-5,16H2. The highest BCUT2D eigenvalue weighted by atomic mass is 79.9. The van der Waals surface area contributed by atoms with Gasteiger partial charge in [0.05, 0.1) is 4.47 Å². The van der Waals surface area contributed by atoms with Crippen LogP contribution in [0.1, 0.15) is 37.7 Å². The lowest BCUT2D eigenvalue weighted by molar-refractivity contribution is 0.281. The molecule has 0 spiro atoms. The molecule has 0 saturated heterocycles. The predicted molar refractivity (Wildman–Crippen MR) is 64.7 cm³/mol. The number of nitrogens with two attached hydrogens (primary N) is 1. The molecule has 0 amide bonds. The molecule has 1 aromatic rings. The monoisotopic (exact) mass is 305 g/mol. The topological polar surface area (TPSA) is 46.2 Å².